The highest BCUT2D eigenvalue weighted by Crippen LogP contribution is 2.28. The Labute approximate surface area is 103 Å². The van der Waals surface area contributed by atoms with Crippen molar-refractivity contribution in [2.24, 2.45) is 0 Å². The van der Waals surface area contributed by atoms with Gasteiger partial charge in [0.2, 0.25) is 0 Å². The molecule has 94 valence electrons. The van der Waals surface area contributed by atoms with Gasteiger partial charge in [0.25, 0.3) is 0 Å². The lowest BCUT2D eigenvalue weighted by molar-refractivity contribution is -0.385. The molecule has 0 unspecified atom stereocenters. The second-order valence-corrected chi connectivity index (χ2v) is 3.11. The Hall–Kier alpha value is -2.62. The summed E-state index contributed by atoms with van der Waals surface area (Å²) in [5, 5.41) is 19.2. The molecular formula is C11H10N2O5. The van der Waals surface area contributed by atoms with Crippen LogP contribution in [0.4, 0.5) is 5.69 Å². The zero-order valence-electron chi connectivity index (χ0n) is 9.58. The van der Waals surface area contributed by atoms with Gasteiger partial charge in [-0.2, -0.15) is 5.26 Å². The van der Waals surface area contributed by atoms with Gasteiger partial charge in [0.15, 0.2) is 12.4 Å². The fourth-order valence-corrected chi connectivity index (χ4v) is 1.23. The van der Waals surface area contributed by atoms with Gasteiger partial charge >= 0.3 is 11.7 Å². The first-order valence-electron chi connectivity index (χ1n) is 5.05. The summed E-state index contributed by atoms with van der Waals surface area (Å²) < 4.78 is 9.62. The number of nitro benzene ring substituents is 1. The van der Waals surface area contributed by atoms with Crippen LogP contribution in [0.5, 0.6) is 5.75 Å². The molecule has 0 saturated heterocycles. The summed E-state index contributed by atoms with van der Waals surface area (Å²) in [4.78, 5) is 21.5. The molecule has 0 aliphatic heterocycles. The van der Waals surface area contributed by atoms with Crippen LogP contribution in [-0.2, 0) is 4.74 Å². The molecule has 1 aromatic rings. The number of nitrogens with zero attached hydrogens (tertiary/aromatic N) is 2. The maximum atomic E-state index is 11.4. The Kier molecular flexibility index (Phi) is 4.63. The molecule has 0 aromatic heterocycles. The minimum atomic E-state index is -0.685. The number of benzene rings is 1. The third kappa shape index (κ3) is 3.18. The molecule has 7 heteroatoms. The number of nitro groups is 1. The highest BCUT2D eigenvalue weighted by Gasteiger charge is 2.19. The smallest absolute Gasteiger partial charge is 0.338 e. The maximum absolute atomic E-state index is 11.4. The van der Waals surface area contributed by atoms with E-state index in [0.29, 0.717) is 0 Å². The number of hydrogen-bond acceptors (Lipinski definition) is 6. The Morgan fingerprint density at radius 2 is 2.28 bits per heavy atom. The number of ether oxygens (including phenoxy) is 2. The lowest BCUT2D eigenvalue weighted by Crippen LogP contribution is -2.06. The van der Waals surface area contributed by atoms with Crippen LogP contribution in [0.25, 0.3) is 0 Å². The van der Waals surface area contributed by atoms with Gasteiger partial charge in [0.1, 0.15) is 6.07 Å². The SMILES string of the molecule is CCOC(=O)c1ccc(OCC#N)c([N+](=O)[O-])c1. The number of carbonyl (C=O) groups is 1. The van der Waals surface area contributed by atoms with E-state index < -0.39 is 10.9 Å². The van der Waals surface area contributed by atoms with Crippen LogP contribution >= 0.6 is 0 Å². The van der Waals surface area contributed by atoms with Gasteiger partial charge < -0.3 is 9.47 Å². The average Bonchev–Trinajstić information content (AvgIpc) is 2.36. The monoisotopic (exact) mass is 250 g/mol. The van der Waals surface area contributed by atoms with Crippen LogP contribution in [-0.4, -0.2) is 24.1 Å². The summed E-state index contributed by atoms with van der Waals surface area (Å²) in [5.74, 6) is -0.706. The van der Waals surface area contributed by atoms with Crippen molar-refractivity contribution >= 4 is 11.7 Å². The summed E-state index contributed by atoms with van der Waals surface area (Å²) in [5.41, 5.74) is -0.316. The minimum Gasteiger partial charge on any atom is -0.472 e. The van der Waals surface area contributed by atoms with E-state index in [9.17, 15) is 14.9 Å². The molecule has 0 heterocycles. The van der Waals surface area contributed by atoms with Crippen LogP contribution < -0.4 is 4.74 Å². The molecule has 0 aliphatic rings. The molecule has 0 aliphatic carbocycles. The van der Waals surface area contributed by atoms with E-state index in [4.69, 9.17) is 14.7 Å². The van der Waals surface area contributed by atoms with E-state index >= 15 is 0 Å². The first-order chi connectivity index (χ1) is 8.60. The van der Waals surface area contributed by atoms with Gasteiger partial charge in [0, 0.05) is 6.07 Å². The normalized spacial score (nSPS) is 9.33. The molecule has 18 heavy (non-hydrogen) atoms. The summed E-state index contributed by atoms with van der Waals surface area (Å²) in [6, 6.07) is 5.37. The lowest BCUT2D eigenvalue weighted by atomic mass is 10.2. The highest BCUT2D eigenvalue weighted by molar-refractivity contribution is 5.90. The molecule has 0 spiro atoms. The Morgan fingerprint density at radius 1 is 1.56 bits per heavy atom. The molecule has 0 atom stereocenters. The van der Waals surface area contributed by atoms with E-state index in [0.717, 1.165) is 6.07 Å². The van der Waals surface area contributed by atoms with E-state index in [2.05, 4.69) is 0 Å². The van der Waals surface area contributed by atoms with E-state index in [1.165, 1.54) is 12.1 Å². The second-order valence-electron chi connectivity index (χ2n) is 3.11. The van der Waals surface area contributed by atoms with Crippen molar-refractivity contribution in [3.05, 3.63) is 33.9 Å². The van der Waals surface area contributed by atoms with E-state index in [1.54, 1.807) is 13.0 Å². The molecule has 0 saturated carbocycles. The predicted octanol–water partition coefficient (Wildman–Crippen LogP) is 1.67. The van der Waals surface area contributed by atoms with Crippen molar-refractivity contribution in [1.82, 2.24) is 0 Å². The van der Waals surface area contributed by atoms with Crippen molar-refractivity contribution in [2.45, 2.75) is 6.92 Å². The van der Waals surface area contributed by atoms with Crippen LogP contribution in [0.1, 0.15) is 17.3 Å². The quantitative estimate of drug-likeness (QED) is 0.447. The van der Waals surface area contributed by atoms with Gasteiger partial charge in [-0.15, -0.1) is 0 Å². The minimum absolute atomic E-state index is 0.0606. The fourth-order valence-electron chi connectivity index (χ4n) is 1.23. The number of hydrogen-bond donors (Lipinski definition) is 0. The zero-order chi connectivity index (χ0) is 13.5. The van der Waals surface area contributed by atoms with Gasteiger partial charge in [-0.1, -0.05) is 0 Å². The highest BCUT2D eigenvalue weighted by atomic mass is 16.6. The first-order valence-corrected chi connectivity index (χ1v) is 5.05. The number of nitriles is 1. The summed E-state index contributed by atoms with van der Waals surface area (Å²) in [7, 11) is 0. The fraction of sp³-hybridized carbons (Fsp3) is 0.273. The van der Waals surface area contributed by atoms with Gasteiger partial charge in [-0.25, -0.2) is 4.79 Å². The Balaban J connectivity index is 3.07. The maximum Gasteiger partial charge on any atom is 0.338 e. The summed E-state index contributed by atoms with van der Waals surface area (Å²) in [6.07, 6.45) is 0. The number of carbonyl (C=O) groups excluding carboxylic acids is 1. The molecule has 1 rings (SSSR count). The van der Waals surface area contributed by atoms with Gasteiger partial charge in [-0.3, -0.25) is 10.1 Å². The van der Waals surface area contributed by atoms with Crippen molar-refractivity contribution in [3.63, 3.8) is 0 Å². The lowest BCUT2D eigenvalue weighted by Gasteiger charge is -2.05. The van der Waals surface area contributed by atoms with Gasteiger partial charge in [-0.05, 0) is 19.1 Å². The van der Waals surface area contributed by atoms with Gasteiger partial charge in [0.05, 0.1) is 17.1 Å². The van der Waals surface area contributed by atoms with Crippen molar-refractivity contribution < 1.29 is 19.2 Å². The van der Waals surface area contributed by atoms with Crippen LogP contribution in [0.15, 0.2) is 18.2 Å². The summed E-state index contributed by atoms with van der Waals surface area (Å²) in [6.45, 7) is 1.51. The zero-order valence-corrected chi connectivity index (χ0v) is 9.58. The van der Waals surface area contributed by atoms with Crippen molar-refractivity contribution in [2.75, 3.05) is 13.2 Å². The van der Waals surface area contributed by atoms with E-state index in [1.807, 2.05) is 0 Å². The van der Waals surface area contributed by atoms with Crippen molar-refractivity contribution in [3.8, 4) is 11.8 Å². The van der Waals surface area contributed by atoms with Crippen LogP contribution in [0, 0.1) is 21.4 Å². The third-order valence-electron chi connectivity index (χ3n) is 1.96. The molecule has 0 bridgehead atoms. The largest absolute Gasteiger partial charge is 0.472 e. The molecule has 1 aromatic carbocycles. The van der Waals surface area contributed by atoms with Crippen molar-refractivity contribution in [1.29, 1.82) is 5.26 Å². The molecule has 0 radical (unpaired) electrons. The van der Waals surface area contributed by atoms with E-state index in [-0.39, 0.29) is 30.2 Å². The van der Waals surface area contributed by atoms with Crippen LogP contribution in [0.3, 0.4) is 0 Å². The molecule has 7 nitrogen and oxygen atoms in total. The molecule has 0 amide bonds. The molecular weight excluding hydrogens is 240 g/mol. The average molecular weight is 250 g/mol. The first kappa shape index (κ1) is 13.4. The molecule has 0 N–H and O–H groups in total. The Morgan fingerprint density at radius 3 is 2.83 bits per heavy atom. The second kappa shape index (κ2) is 6.20. The molecule has 0 fully saturated rings. The van der Waals surface area contributed by atoms with Crippen LogP contribution in [0.2, 0.25) is 0 Å². The number of rotatable bonds is 5. The topological polar surface area (TPSA) is 102 Å². The predicted molar refractivity (Wildman–Crippen MR) is 60.2 cm³/mol. The summed E-state index contributed by atoms with van der Waals surface area (Å²) >= 11 is 0. The Bertz CT molecular complexity index is 507. The number of esters is 1. The standard InChI is InChI=1S/C11H10N2O5/c1-2-17-11(14)8-3-4-10(18-6-5-12)9(7-8)13(15)16/h3-4,7H,2,6H2,1H3. The third-order valence-corrected chi connectivity index (χ3v) is 1.96.